The number of guanidine groups is 1. The largest absolute Gasteiger partial charge is 0.356 e. The van der Waals surface area contributed by atoms with Gasteiger partial charge in [0.15, 0.2) is 5.96 Å². The molecule has 0 aliphatic rings. The quantitative estimate of drug-likeness (QED) is 0.655. The van der Waals surface area contributed by atoms with Gasteiger partial charge in [-0.1, -0.05) is 35.8 Å². The van der Waals surface area contributed by atoms with E-state index in [1.54, 1.807) is 19.2 Å². The smallest absolute Gasteiger partial charge is 0.246 e. The Bertz CT molecular complexity index is 611. The number of hydrogen-bond acceptors (Lipinski definition) is 4. The van der Waals surface area contributed by atoms with Crippen LogP contribution in [0.25, 0.3) is 11.4 Å². The van der Waals surface area contributed by atoms with Gasteiger partial charge < -0.3 is 15.2 Å². The van der Waals surface area contributed by atoms with E-state index in [0.717, 1.165) is 18.5 Å². The maximum Gasteiger partial charge on any atom is 0.246 e. The second-order valence-corrected chi connectivity index (χ2v) is 4.81. The van der Waals surface area contributed by atoms with Crippen molar-refractivity contribution in [2.75, 3.05) is 13.6 Å². The van der Waals surface area contributed by atoms with Gasteiger partial charge in [-0.3, -0.25) is 4.99 Å². The molecule has 1 heterocycles. The molecule has 7 heteroatoms. The van der Waals surface area contributed by atoms with Crippen molar-refractivity contribution in [2.24, 2.45) is 4.99 Å². The van der Waals surface area contributed by atoms with Gasteiger partial charge in [0.2, 0.25) is 11.7 Å². The third kappa shape index (κ3) is 4.46. The van der Waals surface area contributed by atoms with Crippen molar-refractivity contribution in [1.82, 2.24) is 20.8 Å². The number of benzene rings is 1. The average Bonchev–Trinajstić information content (AvgIpc) is 2.96. The summed E-state index contributed by atoms with van der Waals surface area (Å²) in [5.74, 6) is 1.72. The summed E-state index contributed by atoms with van der Waals surface area (Å²) in [5.41, 5.74) is 0.825. The van der Waals surface area contributed by atoms with E-state index in [0.29, 0.717) is 29.2 Å². The Kier molecular flexibility index (Phi) is 5.57. The number of nitrogens with one attached hydrogen (secondary N) is 2. The first kappa shape index (κ1) is 15.3. The van der Waals surface area contributed by atoms with Crippen molar-refractivity contribution in [3.05, 3.63) is 35.2 Å². The van der Waals surface area contributed by atoms with Gasteiger partial charge in [0.05, 0.1) is 6.54 Å². The first-order valence-electron chi connectivity index (χ1n) is 6.76. The molecule has 0 aliphatic carbocycles. The maximum absolute atomic E-state index is 5.95. The number of nitrogens with zero attached hydrogens (tertiary/aromatic N) is 3. The van der Waals surface area contributed by atoms with E-state index in [-0.39, 0.29) is 0 Å². The molecule has 0 bridgehead atoms. The zero-order valence-corrected chi connectivity index (χ0v) is 12.8. The number of aromatic nitrogens is 2. The van der Waals surface area contributed by atoms with Gasteiger partial charge in [0, 0.05) is 24.2 Å². The standard InChI is InChI=1S/C14H18ClN5O/c1-3-7-17-14(16-2)18-9-12-19-13(20-21-12)10-5-4-6-11(15)8-10/h4-6,8H,3,7,9H2,1-2H3,(H2,16,17,18). The number of halogens is 1. The highest BCUT2D eigenvalue weighted by molar-refractivity contribution is 6.30. The van der Waals surface area contributed by atoms with Gasteiger partial charge in [-0.25, -0.2) is 0 Å². The van der Waals surface area contributed by atoms with Crippen LogP contribution < -0.4 is 10.6 Å². The van der Waals surface area contributed by atoms with E-state index >= 15 is 0 Å². The molecule has 0 radical (unpaired) electrons. The van der Waals surface area contributed by atoms with Crippen LogP contribution in [0.4, 0.5) is 0 Å². The van der Waals surface area contributed by atoms with Crippen LogP contribution in [-0.2, 0) is 6.54 Å². The molecule has 1 aromatic heterocycles. The number of hydrogen-bond donors (Lipinski definition) is 2. The number of aliphatic imine (C=N–C) groups is 1. The molecule has 0 unspecified atom stereocenters. The summed E-state index contributed by atoms with van der Waals surface area (Å²) >= 11 is 5.95. The van der Waals surface area contributed by atoms with Crippen LogP contribution in [0.15, 0.2) is 33.8 Å². The van der Waals surface area contributed by atoms with E-state index in [4.69, 9.17) is 16.1 Å². The highest BCUT2D eigenvalue weighted by Crippen LogP contribution is 2.19. The summed E-state index contributed by atoms with van der Waals surface area (Å²) in [5, 5.41) is 10.9. The Balaban J connectivity index is 1.97. The fourth-order valence-corrected chi connectivity index (χ4v) is 1.89. The molecule has 1 aromatic carbocycles. The molecule has 2 rings (SSSR count). The lowest BCUT2D eigenvalue weighted by molar-refractivity contribution is 0.375. The topological polar surface area (TPSA) is 75.3 Å². The molecule has 0 amide bonds. The Hall–Kier alpha value is -2.08. The van der Waals surface area contributed by atoms with Crippen molar-refractivity contribution >= 4 is 17.6 Å². The molecule has 6 nitrogen and oxygen atoms in total. The average molecular weight is 308 g/mol. The third-order valence-electron chi connectivity index (χ3n) is 2.72. The lowest BCUT2D eigenvalue weighted by Gasteiger charge is -2.08. The summed E-state index contributed by atoms with van der Waals surface area (Å²) < 4.78 is 5.21. The molecule has 0 spiro atoms. The van der Waals surface area contributed by atoms with Gasteiger partial charge >= 0.3 is 0 Å². The molecule has 21 heavy (non-hydrogen) atoms. The monoisotopic (exact) mass is 307 g/mol. The predicted molar refractivity (Wildman–Crippen MR) is 83.2 cm³/mol. The molecule has 2 N–H and O–H groups in total. The van der Waals surface area contributed by atoms with Gasteiger partial charge in [-0.15, -0.1) is 0 Å². The molecular formula is C14H18ClN5O. The van der Waals surface area contributed by atoms with Crippen LogP contribution in [0.3, 0.4) is 0 Å². The van der Waals surface area contributed by atoms with E-state index < -0.39 is 0 Å². The van der Waals surface area contributed by atoms with Gasteiger partial charge in [0.1, 0.15) is 0 Å². The SMILES string of the molecule is CCCNC(=NC)NCc1nc(-c2cccc(Cl)c2)no1. The summed E-state index contributed by atoms with van der Waals surface area (Å²) in [6.07, 6.45) is 1.03. The van der Waals surface area contributed by atoms with E-state index in [1.165, 1.54) is 0 Å². The summed E-state index contributed by atoms with van der Waals surface area (Å²) in [6, 6.07) is 7.33. The third-order valence-corrected chi connectivity index (χ3v) is 2.96. The summed E-state index contributed by atoms with van der Waals surface area (Å²) in [6.45, 7) is 3.36. The fraction of sp³-hybridized carbons (Fsp3) is 0.357. The van der Waals surface area contributed by atoms with E-state index in [1.807, 2.05) is 12.1 Å². The van der Waals surface area contributed by atoms with Crippen LogP contribution in [0.5, 0.6) is 0 Å². The van der Waals surface area contributed by atoms with Crippen molar-refractivity contribution in [3.63, 3.8) is 0 Å². The molecular weight excluding hydrogens is 290 g/mol. The maximum atomic E-state index is 5.95. The number of rotatable bonds is 5. The Morgan fingerprint density at radius 1 is 1.38 bits per heavy atom. The zero-order chi connectivity index (χ0) is 15.1. The van der Waals surface area contributed by atoms with Crippen molar-refractivity contribution in [1.29, 1.82) is 0 Å². The van der Waals surface area contributed by atoms with Crippen LogP contribution in [0.1, 0.15) is 19.2 Å². The molecule has 2 aromatic rings. The van der Waals surface area contributed by atoms with E-state index in [9.17, 15) is 0 Å². The minimum atomic E-state index is 0.414. The van der Waals surface area contributed by atoms with Gasteiger partial charge in [-0.05, 0) is 18.6 Å². The van der Waals surface area contributed by atoms with E-state index in [2.05, 4.69) is 32.7 Å². The summed E-state index contributed by atoms with van der Waals surface area (Å²) in [4.78, 5) is 8.43. The van der Waals surface area contributed by atoms with Crippen LogP contribution >= 0.6 is 11.6 Å². The minimum Gasteiger partial charge on any atom is -0.356 e. The Morgan fingerprint density at radius 2 is 2.24 bits per heavy atom. The van der Waals surface area contributed by atoms with Gasteiger partial charge in [0.25, 0.3) is 0 Å². The van der Waals surface area contributed by atoms with Crippen molar-refractivity contribution in [2.45, 2.75) is 19.9 Å². The zero-order valence-electron chi connectivity index (χ0n) is 12.1. The molecule has 112 valence electrons. The molecule has 0 saturated carbocycles. The van der Waals surface area contributed by atoms with Crippen LogP contribution in [0, 0.1) is 0 Å². The Morgan fingerprint density at radius 3 is 2.95 bits per heavy atom. The first-order valence-corrected chi connectivity index (χ1v) is 7.13. The normalized spacial score (nSPS) is 11.5. The lowest BCUT2D eigenvalue weighted by atomic mass is 10.2. The molecule has 0 aliphatic heterocycles. The lowest BCUT2D eigenvalue weighted by Crippen LogP contribution is -2.37. The second-order valence-electron chi connectivity index (χ2n) is 4.37. The van der Waals surface area contributed by atoms with Crippen LogP contribution in [-0.4, -0.2) is 29.7 Å². The predicted octanol–water partition coefficient (Wildman–Crippen LogP) is 2.46. The molecule has 0 saturated heterocycles. The fourth-order valence-electron chi connectivity index (χ4n) is 1.69. The highest BCUT2D eigenvalue weighted by Gasteiger charge is 2.09. The molecule has 0 atom stereocenters. The first-order chi connectivity index (χ1) is 10.2. The highest BCUT2D eigenvalue weighted by atomic mass is 35.5. The second kappa shape index (κ2) is 7.64. The van der Waals surface area contributed by atoms with Crippen molar-refractivity contribution < 1.29 is 4.52 Å². The Labute approximate surface area is 128 Å². The van der Waals surface area contributed by atoms with Crippen molar-refractivity contribution in [3.8, 4) is 11.4 Å². The van der Waals surface area contributed by atoms with Crippen LogP contribution in [0.2, 0.25) is 5.02 Å². The van der Waals surface area contributed by atoms with Gasteiger partial charge in [-0.2, -0.15) is 4.98 Å². The summed E-state index contributed by atoms with van der Waals surface area (Å²) in [7, 11) is 1.72. The minimum absolute atomic E-state index is 0.414. The molecule has 0 fully saturated rings.